The molecular weight excluding hydrogens is 234 g/mol. The Bertz CT molecular complexity index is 455. The predicted octanol–water partition coefficient (Wildman–Crippen LogP) is 2.63. The second-order valence-electron chi connectivity index (χ2n) is 5.72. The molecule has 1 heterocycles. The quantitative estimate of drug-likeness (QED) is 0.885. The summed E-state index contributed by atoms with van der Waals surface area (Å²) in [6.07, 6.45) is 0.578. The molecule has 2 unspecified atom stereocenters. The summed E-state index contributed by atoms with van der Waals surface area (Å²) in [6.45, 7) is 9.58. The predicted molar refractivity (Wildman–Crippen MR) is 79.3 cm³/mol. The second kappa shape index (κ2) is 6.08. The summed E-state index contributed by atoms with van der Waals surface area (Å²) < 4.78 is 0. The fourth-order valence-corrected chi connectivity index (χ4v) is 2.95. The fourth-order valence-electron chi connectivity index (χ4n) is 2.95. The van der Waals surface area contributed by atoms with E-state index in [0.717, 1.165) is 19.6 Å². The van der Waals surface area contributed by atoms with Crippen LogP contribution in [-0.4, -0.2) is 25.7 Å². The Morgan fingerprint density at radius 3 is 2.63 bits per heavy atom. The minimum Gasteiger partial charge on any atom is -0.369 e. The Labute approximate surface area is 116 Å². The second-order valence-corrected chi connectivity index (χ2v) is 5.72. The molecule has 1 aliphatic heterocycles. The van der Waals surface area contributed by atoms with Crippen LogP contribution in [0.4, 0.5) is 5.69 Å². The summed E-state index contributed by atoms with van der Waals surface area (Å²) in [7, 11) is 0. The maximum absolute atomic E-state index is 8.93. The summed E-state index contributed by atoms with van der Waals surface area (Å²) in [5, 5.41) is 12.4. The molecule has 3 heteroatoms. The lowest BCUT2D eigenvalue weighted by Crippen LogP contribution is -2.38. The molecule has 0 aromatic heterocycles. The Balaban J connectivity index is 2.28. The number of hydrogen-bond acceptors (Lipinski definition) is 3. The molecule has 1 N–H and O–H groups in total. The Hall–Kier alpha value is -1.53. The van der Waals surface area contributed by atoms with E-state index in [1.165, 1.54) is 16.8 Å². The van der Waals surface area contributed by atoms with E-state index in [2.05, 4.69) is 55.3 Å². The van der Waals surface area contributed by atoms with Gasteiger partial charge in [-0.15, -0.1) is 0 Å². The molecule has 0 spiro atoms. The van der Waals surface area contributed by atoms with Crippen molar-refractivity contribution in [3.63, 3.8) is 0 Å². The molecule has 0 bridgehead atoms. The molecule has 1 fully saturated rings. The molecule has 1 saturated heterocycles. The van der Waals surface area contributed by atoms with Gasteiger partial charge >= 0.3 is 0 Å². The van der Waals surface area contributed by atoms with Gasteiger partial charge in [-0.05, 0) is 37.4 Å². The third-order valence-corrected chi connectivity index (χ3v) is 3.82. The first-order valence-electron chi connectivity index (χ1n) is 7.03. The van der Waals surface area contributed by atoms with Crippen LogP contribution in [0, 0.1) is 31.1 Å². The van der Waals surface area contributed by atoms with Crippen LogP contribution in [0.25, 0.3) is 0 Å². The number of nitrogens with one attached hydrogen (secondary N) is 1. The number of hydrogen-bond donors (Lipinski definition) is 1. The smallest absolute Gasteiger partial charge is 0.0638 e. The molecule has 2 atom stereocenters. The van der Waals surface area contributed by atoms with Gasteiger partial charge < -0.3 is 10.2 Å². The van der Waals surface area contributed by atoms with E-state index in [0.29, 0.717) is 12.3 Å². The number of nitrogens with zero attached hydrogens (tertiary/aromatic N) is 2. The van der Waals surface area contributed by atoms with Gasteiger partial charge in [0.05, 0.1) is 12.5 Å². The maximum Gasteiger partial charge on any atom is 0.0638 e. The maximum atomic E-state index is 8.93. The first-order chi connectivity index (χ1) is 9.11. The Morgan fingerprint density at radius 1 is 1.32 bits per heavy atom. The van der Waals surface area contributed by atoms with Crippen molar-refractivity contribution in [3.8, 4) is 6.07 Å². The van der Waals surface area contributed by atoms with Crippen LogP contribution in [0.1, 0.15) is 24.5 Å². The average Bonchev–Trinajstić information content (AvgIpc) is 2.52. The van der Waals surface area contributed by atoms with Gasteiger partial charge in [0.1, 0.15) is 0 Å². The summed E-state index contributed by atoms with van der Waals surface area (Å²) in [4.78, 5) is 2.46. The zero-order chi connectivity index (χ0) is 13.8. The largest absolute Gasteiger partial charge is 0.369 e. The number of aryl methyl sites for hydroxylation is 2. The highest BCUT2D eigenvalue weighted by molar-refractivity contribution is 5.59. The van der Waals surface area contributed by atoms with Gasteiger partial charge in [0, 0.05) is 24.8 Å². The normalized spacial score (nSPS) is 23.8. The average molecular weight is 257 g/mol. The molecule has 3 nitrogen and oxygen atoms in total. The monoisotopic (exact) mass is 257 g/mol. The Morgan fingerprint density at radius 2 is 2.00 bits per heavy atom. The highest BCUT2D eigenvalue weighted by Gasteiger charge is 2.23. The highest BCUT2D eigenvalue weighted by atomic mass is 15.2. The topological polar surface area (TPSA) is 39.1 Å². The molecule has 0 radical (unpaired) electrons. The van der Waals surface area contributed by atoms with Crippen molar-refractivity contribution in [2.45, 2.75) is 33.2 Å². The van der Waals surface area contributed by atoms with E-state index < -0.39 is 0 Å². The third kappa shape index (κ3) is 3.27. The van der Waals surface area contributed by atoms with Gasteiger partial charge in [-0.25, -0.2) is 0 Å². The van der Waals surface area contributed by atoms with E-state index >= 15 is 0 Å². The molecule has 1 aromatic carbocycles. The van der Waals surface area contributed by atoms with Crippen molar-refractivity contribution in [1.82, 2.24) is 5.32 Å². The first-order valence-corrected chi connectivity index (χ1v) is 7.03. The Kier molecular flexibility index (Phi) is 4.44. The number of nitriles is 1. The first kappa shape index (κ1) is 13.9. The van der Waals surface area contributed by atoms with Crippen LogP contribution in [0.3, 0.4) is 0 Å². The highest BCUT2D eigenvalue weighted by Crippen LogP contribution is 2.26. The standard InChI is InChI=1S/C16H23N3/c1-12-9-18-15(7-8-17)11-19(10-12)16-13(2)5-4-6-14(16)3/h4-6,12,15,18H,7,9-11H2,1-3H3. The summed E-state index contributed by atoms with van der Waals surface area (Å²) >= 11 is 0. The van der Waals surface area contributed by atoms with Gasteiger partial charge in [0.25, 0.3) is 0 Å². The van der Waals surface area contributed by atoms with E-state index in [1.54, 1.807) is 0 Å². The molecule has 1 aromatic rings. The van der Waals surface area contributed by atoms with Crippen LogP contribution in [-0.2, 0) is 0 Å². The molecule has 0 aliphatic carbocycles. The molecule has 0 saturated carbocycles. The van der Waals surface area contributed by atoms with Crippen LogP contribution in [0.5, 0.6) is 0 Å². The lowest BCUT2D eigenvalue weighted by atomic mass is 10.1. The number of rotatable bonds is 2. The molecule has 2 rings (SSSR count). The zero-order valence-corrected chi connectivity index (χ0v) is 12.1. The van der Waals surface area contributed by atoms with E-state index in [1.807, 2.05) is 0 Å². The fraction of sp³-hybridized carbons (Fsp3) is 0.562. The number of anilines is 1. The molecule has 102 valence electrons. The SMILES string of the molecule is Cc1cccc(C)c1N1CC(C)CNC(CC#N)C1. The number of benzene rings is 1. The summed E-state index contributed by atoms with van der Waals surface area (Å²) in [5.74, 6) is 0.600. The van der Waals surface area contributed by atoms with E-state index in [4.69, 9.17) is 5.26 Å². The van der Waals surface area contributed by atoms with Gasteiger partial charge in [0.2, 0.25) is 0 Å². The molecular formula is C16H23N3. The van der Waals surface area contributed by atoms with E-state index in [-0.39, 0.29) is 6.04 Å². The van der Waals surface area contributed by atoms with Crippen LogP contribution >= 0.6 is 0 Å². The minimum absolute atomic E-state index is 0.272. The molecule has 0 amide bonds. The van der Waals surface area contributed by atoms with Crippen LogP contribution < -0.4 is 10.2 Å². The third-order valence-electron chi connectivity index (χ3n) is 3.82. The van der Waals surface area contributed by atoms with Crippen molar-refractivity contribution in [2.24, 2.45) is 5.92 Å². The summed E-state index contributed by atoms with van der Waals surface area (Å²) in [6, 6.07) is 9.02. The van der Waals surface area contributed by atoms with Gasteiger partial charge in [-0.2, -0.15) is 5.26 Å². The van der Waals surface area contributed by atoms with Gasteiger partial charge in [-0.1, -0.05) is 25.1 Å². The minimum atomic E-state index is 0.272. The van der Waals surface area contributed by atoms with Crippen LogP contribution in [0.15, 0.2) is 18.2 Å². The van der Waals surface area contributed by atoms with Gasteiger partial charge in [-0.3, -0.25) is 0 Å². The van der Waals surface area contributed by atoms with Crippen molar-refractivity contribution in [3.05, 3.63) is 29.3 Å². The van der Waals surface area contributed by atoms with Crippen molar-refractivity contribution in [1.29, 1.82) is 5.26 Å². The van der Waals surface area contributed by atoms with Gasteiger partial charge in [0.15, 0.2) is 0 Å². The van der Waals surface area contributed by atoms with Crippen LogP contribution in [0.2, 0.25) is 0 Å². The number of para-hydroxylation sites is 1. The molecule has 1 aliphatic rings. The van der Waals surface area contributed by atoms with Crippen molar-refractivity contribution in [2.75, 3.05) is 24.5 Å². The lowest BCUT2D eigenvalue weighted by Gasteiger charge is -2.29. The lowest BCUT2D eigenvalue weighted by molar-refractivity contribution is 0.509. The zero-order valence-electron chi connectivity index (χ0n) is 12.1. The van der Waals surface area contributed by atoms with E-state index in [9.17, 15) is 0 Å². The van der Waals surface area contributed by atoms with Crippen molar-refractivity contribution < 1.29 is 0 Å². The summed E-state index contributed by atoms with van der Waals surface area (Å²) in [5.41, 5.74) is 4.00. The van der Waals surface area contributed by atoms with Crippen molar-refractivity contribution >= 4 is 5.69 Å². The molecule has 19 heavy (non-hydrogen) atoms.